The lowest BCUT2D eigenvalue weighted by Crippen LogP contribution is -2.24. The van der Waals surface area contributed by atoms with Gasteiger partial charge in [0.2, 0.25) is 0 Å². The van der Waals surface area contributed by atoms with Crippen molar-refractivity contribution in [3.63, 3.8) is 0 Å². The Morgan fingerprint density at radius 2 is 2.33 bits per heavy atom. The SMILES string of the molecule is CC1=CC(O/C=C2/C(=O)NC3C=CCC23)OC1=O. The molecule has 0 bridgehead atoms. The van der Waals surface area contributed by atoms with Gasteiger partial charge in [-0.3, -0.25) is 4.79 Å². The van der Waals surface area contributed by atoms with Crippen LogP contribution in [0.1, 0.15) is 13.3 Å². The van der Waals surface area contributed by atoms with Gasteiger partial charge in [-0.2, -0.15) is 0 Å². The fourth-order valence-electron chi connectivity index (χ4n) is 2.38. The summed E-state index contributed by atoms with van der Waals surface area (Å²) < 4.78 is 10.3. The number of allylic oxidation sites excluding steroid dienone is 1. The molecular formula is C13H13NO4. The second-order valence-corrected chi connectivity index (χ2v) is 4.60. The van der Waals surface area contributed by atoms with Gasteiger partial charge in [-0.15, -0.1) is 0 Å². The zero-order valence-electron chi connectivity index (χ0n) is 9.88. The minimum absolute atomic E-state index is 0.0794. The molecule has 2 heterocycles. The Kier molecular flexibility index (Phi) is 2.47. The molecule has 18 heavy (non-hydrogen) atoms. The minimum Gasteiger partial charge on any atom is -0.458 e. The normalized spacial score (nSPS) is 35.5. The minimum atomic E-state index is -0.716. The van der Waals surface area contributed by atoms with Crippen LogP contribution in [0, 0.1) is 5.92 Å². The quantitative estimate of drug-likeness (QED) is 0.339. The van der Waals surface area contributed by atoms with E-state index in [1.54, 1.807) is 13.0 Å². The molecule has 5 nitrogen and oxygen atoms in total. The zero-order valence-corrected chi connectivity index (χ0v) is 9.88. The molecule has 3 rings (SSSR count). The average Bonchev–Trinajstić information content (AvgIpc) is 2.94. The Bertz CT molecular complexity index is 503. The molecule has 1 amide bonds. The summed E-state index contributed by atoms with van der Waals surface area (Å²) in [7, 11) is 0. The van der Waals surface area contributed by atoms with Gasteiger partial charge in [-0.05, 0) is 13.3 Å². The summed E-state index contributed by atoms with van der Waals surface area (Å²) in [6.07, 6.45) is 7.16. The standard InChI is InChI=1S/C13H13NO4/c1-7-5-11(18-13(7)16)17-6-9-8-3-2-4-10(8)14-12(9)15/h2,4-6,8,10-11H,3H2,1H3,(H,14,15)/b9-6+. The molecule has 0 aromatic rings. The Hall–Kier alpha value is -2.04. The van der Waals surface area contributed by atoms with Crippen molar-refractivity contribution in [2.45, 2.75) is 25.7 Å². The van der Waals surface area contributed by atoms with E-state index in [-0.39, 0.29) is 23.8 Å². The Balaban J connectivity index is 1.70. The molecule has 1 saturated heterocycles. The summed E-state index contributed by atoms with van der Waals surface area (Å²) in [5.74, 6) is -0.353. The number of hydrogen-bond donors (Lipinski definition) is 1. The van der Waals surface area contributed by atoms with Gasteiger partial charge in [-0.25, -0.2) is 4.79 Å². The van der Waals surface area contributed by atoms with E-state index < -0.39 is 6.29 Å². The van der Waals surface area contributed by atoms with Gasteiger partial charge in [0.25, 0.3) is 12.2 Å². The summed E-state index contributed by atoms with van der Waals surface area (Å²) in [6, 6.07) is 0.0794. The van der Waals surface area contributed by atoms with Crippen LogP contribution in [-0.2, 0) is 19.1 Å². The molecule has 3 atom stereocenters. The topological polar surface area (TPSA) is 64.6 Å². The highest BCUT2D eigenvalue weighted by molar-refractivity contribution is 5.97. The van der Waals surface area contributed by atoms with Gasteiger partial charge in [0.05, 0.1) is 17.9 Å². The maximum atomic E-state index is 11.7. The van der Waals surface area contributed by atoms with Gasteiger partial charge in [-0.1, -0.05) is 12.2 Å². The molecule has 0 aromatic heterocycles. The number of fused-ring (bicyclic) bond motifs is 1. The second-order valence-electron chi connectivity index (χ2n) is 4.60. The number of ether oxygens (including phenoxy) is 2. The van der Waals surface area contributed by atoms with Crippen LogP contribution >= 0.6 is 0 Å². The van der Waals surface area contributed by atoms with Crippen molar-refractivity contribution in [1.29, 1.82) is 0 Å². The van der Waals surface area contributed by atoms with Crippen LogP contribution in [0.4, 0.5) is 0 Å². The van der Waals surface area contributed by atoms with Crippen LogP contribution in [0.3, 0.4) is 0 Å². The molecule has 94 valence electrons. The maximum absolute atomic E-state index is 11.7. The van der Waals surface area contributed by atoms with Crippen molar-refractivity contribution in [3.8, 4) is 0 Å². The van der Waals surface area contributed by atoms with Gasteiger partial charge < -0.3 is 14.8 Å². The number of esters is 1. The zero-order chi connectivity index (χ0) is 12.7. The predicted octanol–water partition coefficient (Wildman–Crippen LogP) is 0.791. The van der Waals surface area contributed by atoms with E-state index in [0.29, 0.717) is 11.1 Å². The van der Waals surface area contributed by atoms with Crippen LogP contribution in [0.15, 0.2) is 35.6 Å². The number of carbonyl (C=O) groups is 2. The summed E-state index contributed by atoms with van der Waals surface area (Å²) in [4.78, 5) is 22.9. The van der Waals surface area contributed by atoms with E-state index in [1.807, 2.05) is 12.2 Å². The van der Waals surface area contributed by atoms with Gasteiger partial charge >= 0.3 is 5.97 Å². The number of rotatable bonds is 2. The fraction of sp³-hybridized carbons (Fsp3) is 0.385. The van der Waals surface area contributed by atoms with Gasteiger partial charge in [0.15, 0.2) is 0 Å². The number of carbonyl (C=O) groups excluding carboxylic acids is 2. The second kappa shape index (κ2) is 4.01. The lowest BCUT2D eigenvalue weighted by Gasteiger charge is -2.10. The average molecular weight is 247 g/mol. The highest BCUT2D eigenvalue weighted by Crippen LogP contribution is 2.32. The molecule has 5 heteroatoms. The monoisotopic (exact) mass is 247 g/mol. The third-order valence-electron chi connectivity index (χ3n) is 3.39. The first kappa shape index (κ1) is 11.1. The van der Waals surface area contributed by atoms with Crippen molar-refractivity contribution >= 4 is 11.9 Å². The molecule has 2 aliphatic heterocycles. The first-order valence-electron chi connectivity index (χ1n) is 5.87. The van der Waals surface area contributed by atoms with Gasteiger partial charge in [0, 0.05) is 17.6 Å². The van der Waals surface area contributed by atoms with Crippen molar-refractivity contribution in [3.05, 3.63) is 35.6 Å². The molecule has 1 N–H and O–H groups in total. The van der Waals surface area contributed by atoms with Crippen LogP contribution in [-0.4, -0.2) is 24.2 Å². The molecule has 0 spiro atoms. The molecule has 3 aliphatic rings. The smallest absolute Gasteiger partial charge is 0.336 e. The van der Waals surface area contributed by atoms with Gasteiger partial charge in [0.1, 0.15) is 0 Å². The summed E-state index contributed by atoms with van der Waals surface area (Å²) >= 11 is 0. The summed E-state index contributed by atoms with van der Waals surface area (Å²) in [5, 5.41) is 2.86. The molecule has 0 saturated carbocycles. The predicted molar refractivity (Wildman–Crippen MR) is 62.0 cm³/mol. The maximum Gasteiger partial charge on any atom is 0.336 e. The summed E-state index contributed by atoms with van der Waals surface area (Å²) in [6.45, 7) is 1.66. The number of amides is 1. The van der Waals surface area contributed by atoms with E-state index in [2.05, 4.69) is 5.32 Å². The van der Waals surface area contributed by atoms with E-state index in [1.165, 1.54) is 6.26 Å². The van der Waals surface area contributed by atoms with Crippen molar-refractivity contribution in [2.24, 2.45) is 5.92 Å². The first-order valence-corrected chi connectivity index (χ1v) is 5.87. The molecular weight excluding hydrogens is 234 g/mol. The third-order valence-corrected chi connectivity index (χ3v) is 3.39. The lowest BCUT2D eigenvalue weighted by atomic mass is 9.99. The Labute approximate surface area is 104 Å². The molecule has 1 aliphatic carbocycles. The van der Waals surface area contributed by atoms with Crippen LogP contribution in [0.25, 0.3) is 0 Å². The summed E-state index contributed by atoms with van der Waals surface area (Å²) in [5.41, 5.74) is 1.13. The van der Waals surface area contributed by atoms with Crippen LogP contribution < -0.4 is 5.32 Å². The molecule has 1 fully saturated rings. The fourth-order valence-corrected chi connectivity index (χ4v) is 2.38. The van der Waals surface area contributed by atoms with Crippen LogP contribution in [0.5, 0.6) is 0 Å². The van der Waals surface area contributed by atoms with Crippen molar-refractivity contribution in [1.82, 2.24) is 5.32 Å². The highest BCUT2D eigenvalue weighted by Gasteiger charge is 2.38. The van der Waals surface area contributed by atoms with E-state index in [4.69, 9.17) is 9.47 Å². The van der Waals surface area contributed by atoms with E-state index >= 15 is 0 Å². The van der Waals surface area contributed by atoms with Crippen molar-refractivity contribution < 1.29 is 19.1 Å². The molecule has 3 unspecified atom stereocenters. The van der Waals surface area contributed by atoms with E-state index in [9.17, 15) is 9.59 Å². The highest BCUT2D eigenvalue weighted by atomic mass is 16.7. The van der Waals surface area contributed by atoms with Crippen molar-refractivity contribution in [2.75, 3.05) is 0 Å². The number of nitrogens with one attached hydrogen (secondary N) is 1. The molecule has 0 aromatic carbocycles. The van der Waals surface area contributed by atoms with E-state index in [0.717, 1.165) is 6.42 Å². The largest absolute Gasteiger partial charge is 0.458 e. The number of hydrogen-bond acceptors (Lipinski definition) is 4. The Morgan fingerprint density at radius 3 is 3.06 bits per heavy atom. The molecule has 0 radical (unpaired) electrons. The number of cyclic esters (lactones) is 1. The van der Waals surface area contributed by atoms with Crippen LogP contribution in [0.2, 0.25) is 0 Å². The third kappa shape index (κ3) is 1.72. The Morgan fingerprint density at radius 1 is 1.50 bits per heavy atom. The first-order chi connectivity index (χ1) is 8.65. The lowest BCUT2D eigenvalue weighted by molar-refractivity contribution is -0.152.